The molecule has 1 heterocycles. The van der Waals surface area contributed by atoms with Gasteiger partial charge in [-0.1, -0.05) is 66.2 Å². The van der Waals surface area contributed by atoms with Crippen LogP contribution in [0, 0.1) is 0 Å². The van der Waals surface area contributed by atoms with Crippen molar-refractivity contribution in [1.29, 1.82) is 0 Å². The van der Waals surface area contributed by atoms with Crippen LogP contribution in [0.5, 0.6) is 0 Å². The highest BCUT2D eigenvalue weighted by atomic mass is 35.5. The Morgan fingerprint density at radius 2 is 1.79 bits per heavy atom. The van der Waals surface area contributed by atoms with Crippen LogP contribution in [0.1, 0.15) is 11.1 Å². The Bertz CT molecular complexity index is 1010. The van der Waals surface area contributed by atoms with Gasteiger partial charge in [0.2, 0.25) is 0 Å². The third kappa shape index (κ3) is 4.68. The van der Waals surface area contributed by atoms with E-state index in [1.54, 1.807) is 16.8 Å². The summed E-state index contributed by atoms with van der Waals surface area (Å²) < 4.78 is 6.25. The molecule has 0 saturated heterocycles. The minimum Gasteiger partial charge on any atom is -0.468 e. The number of aromatic nitrogens is 1. The summed E-state index contributed by atoms with van der Waals surface area (Å²) in [6.45, 7) is 0.444. The smallest absolute Gasteiger partial charge is 0.322 e. The van der Waals surface area contributed by atoms with Gasteiger partial charge in [0.15, 0.2) is 0 Å². The average Bonchev–Trinajstić information content (AvgIpc) is 2.71. The Labute approximate surface area is 168 Å². The Morgan fingerprint density at radius 3 is 2.43 bits per heavy atom. The van der Waals surface area contributed by atoms with E-state index in [9.17, 15) is 9.59 Å². The van der Waals surface area contributed by atoms with Crippen LogP contribution in [0.25, 0.3) is 11.1 Å². The summed E-state index contributed by atoms with van der Waals surface area (Å²) in [5.74, 6) is -0.456. The summed E-state index contributed by atoms with van der Waals surface area (Å²) >= 11 is 6.26. The predicted molar refractivity (Wildman–Crippen MR) is 110 cm³/mol. The van der Waals surface area contributed by atoms with Gasteiger partial charge in [0.25, 0.3) is 5.56 Å². The number of hydrogen-bond donors (Lipinski definition) is 1. The van der Waals surface area contributed by atoms with Crippen molar-refractivity contribution in [2.45, 2.75) is 19.0 Å². The largest absolute Gasteiger partial charge is 0.468 e. The first-order valence-corrected chi connectivity index (χ1v) is 9.22. The summed E-state index contributed by atoms with van der Waals surface area (Å²) in [6.07, 6.45) is 2.00. The molecule has 1 aromatic heterocycles. The maximum Gasteiger partial charge on any atom is 0.322 e. The molecule has 3 aromatic rings. The van der Waals surface area contributed by atoms with Crippen LogP contribution in [0.4, 0.5) is 0 Å². The molecule has 1 atom stereocenters. The van der Waals surface area contributed by atoms with Crippen molar-refractivity contribution in [1.82, 2.24) is 4.57 Å². The molecule has 2 N–H and O–H groups in total. The highest BCUT2D eigenvalue weighted by Crippen LogP contribution is 2.21. The van der Waals surface area contributed by atoms with E-state index in [0.29, 0.717) is 23.6 Å². The van der Waals surface area contributed by atoms with Gasteiger partial charge in [-0.25, -0.2) is 0 Å². The summed E-state index contributed by atoms with van der Waals surface area (Å²) in [5, 5.41) is 0.488. The number of nitrogens with two attached hydrogens (primary N) is 1. The molecule has 0 fully saturated rings. The number of methoxy groups -OCH3 is 1. The van der Waals surface area contributed by atoms with Crippen LogP contribution >= 0.6 is 11.6 Å². The van der Waals surface area contributed by atoms with Gasteiger partial charge in [-0.15, -0.1) is 0 Å². The van der Waals surface area contributed by atoms with E-state index in [-0.39, 0.29) is 5.56 Å². The van der Waals surface area contributed by atoms with Crippen molar-refractivity contribution in [3.05, 3.63) is 93.4 Å². The van der Waals surface area contributed by atoms with Crippen LogP contribution in [-0.4, -0.2) is 23.7 Å². The van der Waals surface area contributed by atoms with Gasteiger partial charge >= 0.3 is 5.97 Å². The van der Waals surface area contributed by atoms with E-state index in [0.717, 1.165) is 16.7 Å². The second-order valence-corrected chi connectivity index (χ2v) is 6.96. The Hall–Kier alpha value is -2.89. The molecule has 0 bridgehead atoms. The SMILES string of the molecule is COC(=O)C(N)Cc1ccc(-c2cc(Cl)cn(Cc3ccccc3)c2=O)cc1. The fraction of sp³-hybridized carbons (Fsp3) is 0.182. The highest BCUT2D eigenvalue weighted by Gasteiger charge is 2.15. The standard InChI is InChI=1S/C22H21ClN2O3/c1-28-22(27)20(24)11-15-7-9-17(10-8-15)19-12-18(23)14-25(21(19)26)13-16-5-3-2-4-6-16/h2-10,12,14,20H,11,13,24H2,1H3. The van der Waals surface area contributed by atoms with Gasteiger partial charge in [-0.2, -0.15) is 0 Å². The molecule has 5 nitrogen and oxygen atoms in total. The Balaban J connectivity index is 1.87. The molecule has 0 amide bonds. The maximum atomic E-state index is 12.9. The first kappa shape index (κ1) is 19.9. The van der Waals surface area contributed by atoms with E-state index in [4.69, 9.17) is 17.3 Å². The molecule has 1 unspecified atom stereocenters. The minimum atomic E-state index is -0.717. The normalized spacial score (nSPS) is 11.8. The molecule has 0 saturated carbocycles. The molecule has 3 rings (SSSR count). The van der Waals surface area contributed by atoms with E-state index in [2.05, 4.69) is 4.74 Å². The number of esters is 1. The maximum absolute atomic E-state index is 12.9. The molecule has 144 valence electrons. The van der Waals surface area contributed by atoms with Crippen LogP contribution < -0.4 is 11.3 Å². The van der Waals surface area contributed by atoms with Crippen molar-refractivity contribution in [2.24, 2.45) is 5.73 Å². The monoisotopic (exact) mass is 396 g/mol. The zero-order valence-electron chi connectivity index (χ0n) is 15.5. The van der Waals surface area contributed by atoms with Crippen LogP contribution in [0.2, 0.25) is 5.02 Å². The molecule has 6 heteroatoms. The van der Waals surface area contributed by atoms with E-state index < -0.39 is 12.0 Å². The Morgan fingerprint density at radius 1 is 1.11 bits per heavy atom. The number of pyridine rings is 1. The van der Waals surface area contributed by atoms with Gasteiger partial charge in [-0.3, -0.25) is 9.59 Å². The molecule has 28 heavy (non-hydrogen) atoms. The lowest BCUT2D eigenvalue weighted by molar-refractivity contribution is -0.142. The first-order chi connectivity index (χ1) is 13.5. The second-order valence-electron chi connectivity index (χ2n) is 6.52. The van der Waals surface area contributed by atoms with Crippen molar-refractivity contribution in [3.63, 3.8) is 0 Å². The van der Waals surface area contributed by atoms with Gasteiger partial charge < -0.3 is 15.0 Å². The second kappa shape index (κ2) is 8.87. The molecular formula is C22H21ClN2O3. The summed E-state index contributed by atoms with van der Waals surface area (Å²) in [6, 6.07) is 18.0. The van der Waals surface area contributed by atoms with Crippen molar-refractivity contribution in [3.8, 4) is 11.1 Å². The number of rotatable bonds is 6. The molecular weight excluding hydrogens is 376 g/mol. The number of carbonyl (C=O) groups excluding carboxylic acids is 1. The third-order valence-corrected chi connectivity index (χ3v) is 4.68. The predicted octanol–water partition coefficient (Wildman–Crippen LogP) is 3.26. The molecule has 0 aliphatic carbocycles. The molecule has 0 aliphatic heterocycles. The van der Waals surface area contributed by atoms with Crippen LogP contribution in [-0.2, 0) is 22.5 Å². The fourth-order valence-electron chi connectivity index (χ4n) is 3.01. The number of ether oxygens (including phenoxy) is 1. The topological polar surface area (TPSA) is 74.3 Å². The van der Waals surface area contributed by atoms with Crippen LogP contribution in [0.3, 0.4) is 0 Å². The fourth-order valence-corrected chi connectivity index (χ4v) is 3.24. The molecule has 0 aliphatic rings. The summed E-state index contributed by atoms with van der Waals surface area (Å²) in [7, 11) is 1.31. The highest BCUT2D eigenvalue weighted by molar-refractivity contribution is 6.30. The molecule has 0 radical (unpaired) electrons. The quantitative estimate of drug-likeness (QED) is 0.649. The third-order valence-electron chi connectivity index (χ3n) is 4.47. The first-order valence-electron chi connectivity index (χ1n) is 8.84. The average molecular weight is 397 g/mol. The summed E-state index contributed by atoms with van der Waals surface area (Å²) in [5.41, 5.74) is 8.86. The van der Waals surface area contributed by atoms with Crippen molar-refractivity contribution in [2.75, 3.05) is 7.11 Å². The number of hydrogen-bond acceptors (Lipinski definition) is 4. The van der Waals surface area contributed by atoms with E-state index in [1.807, 2.05) is 54.6 Å². The molecule has 2 aromatic carbocycles. The van der Waals surface area contributed by atoms with Crippen molar-refractivity contribution >= 4 is 17.6 Å². The van der Waals surface area contributed by atoms with E-state index in [1.165, 1.54) is 7.11 Å². The number of benzene rings is 2. The minimum absolute atomic E-state index is 0.118. The number of nitrogens with zero attached hydrogens (tertiary/aromatic N) is 1. The van der Waals surface area contributed by atoms with Gasteiger partial charge in [0, 0.05) is 11.8 Å². The molecule has 0 spiro atoms. The Kier molecular flexibility index (Phi) is 6.29. The van der Waals surface area contributed by atoms with Gasteiger partial charge in [0.1, 0.15) is 6.04 Å². The lowest BCUT2D eigenvalue weighted by Crippen LogP contribution is -2.33. The van der Waals surface area contributed by atoms with Crippen molar-refractivity contribution < 1.29 is 9.53 Å². The van der Waals surface area contributed by atoms with Gasteiger partial charge in [-0.05, 0) is 29.2 Å². The number of carbonyl (C=O) groups is 1. The zero-order valence-corrected chi connectivity index (χ0v) is 16.2. The summed E-state index contributed by atoms with van der Waals surface area (Å²) in [4.78, 5) is 24.4. The van der Waals surface area contributed by atoms with E-state index >= 15 is 0 Å². The van der Waals surface area contributed by atoms with Gasteiger partial charge in [0.05, 0.1) is 18.7 Å². The zero-order chi connectivity index (χ0) is 20.1. The lowest BCUT2D eigenvalue weighted by atomic mass is 10.0. The van der Waals surface area contributed by atoms with Crippen LogP contribution in [0.15, 0.2) is 71.7 Å². The lowest BCUT2D eigenvalue weighted by Gasteiger charge is -2.11. The number of halogens is 1.